The van der Waals surface area contributed by atoms with Gasteiger partial charge >= 0.3 is 0 Å². The summed E-state index contributed by atoms with van der Waals surface area (Å²) in [5.41, 5.74) is 6.55. The second-order valence-corrected chi connectivity index (χ2v) is 6.14. The Balaban J connectivity index is 2.06. The van der Waals surface area contributed by atoms with Gasteiger partial charge in [0, 0.05) is 6.04 Å². The second-order valence-electron chi connectivity index (χ2n) is 6.14. The summed E-state index contributed by atoms with van der Waals surface area (Å²) in [4.78, 5) is 0. The zero-order chi connectivity index (χ0) is 14.0. The lowest BCUT2D eigenvalue weighted by Crippen LogP contribution is -2.28. The highest BCUT2D eigenvalue weighted by atomic mass is 19.1. The van der Waals surface area contributed by atoms with Crippen LogP contribution in [0.15, 0.2) is 18.2 Å². The van der Waals surface area contributed by atoms with Gasteiger partial charge in [-0.25, -0.2) is 4.39 Å². The van der Waals surface area contributed by atoms with Gasteiger partial charge < -0.3 is 10.5 Å². The summed E-state index contributed by atoms with van der Waals surface area (Å²) in [7, 11) is 0. The van der Waals surface area contributed by atoms with Gasteiger partial charge in [0.15, 0.2) is 11.6 Å². The molecule has 106 valence electrons. The molecular formula is C16H24FNO. The zero-order valence-electron chi connectivity index (χ0n) is 12.0. The Labute approximate surface area is 115 Å². The van der Waals surface area contributed by atoms with E-state index >= 15 is 0 Å². The first-order valence-electron chi connectivity index (χ1n) is 7.17. The fourth-order valence-electron chi connectivity index (χ4n) is 3.04. The Morgan fingerprint density at radius 2 is 1.84 bits per heavy atom. The van der Waals surface area contributed by atoms with Gasteiger partial charge in [0.2, 0.25) is 0 Å². The molecule has 2 nitrogen and oxygen atoms in total. The second kappa shape index (κ2) is 5.91. The van der Waals surface area contributed by atoms with Crippen LogP contribution in [0, 0.1) is 17.7 Å². The molecular weight excluding hydrogens is 241 g/mol. The first-order valence-corrected chi connectivity index (χ1v) is 7.17. The summed E-state index contributed by atoms with van der Waals surface area (Å²) in [6, 6.07) is 4.88. The Morgan fingerprint density at radius 1 is 1.21 bits per heavy atom. The molecule has 0 spiro atoms. The maximum absolute atomic E-state index is 14.0. The number of rotatable bonds is 3. The Morgan fingerprint density at radius 3 is 2.37 bits per heavy atom. The molecule has 1 aromatic carbocycles. The van der Waals surface area contributed by atoms with E-state index in [-0.39, 0.29) is 18.0 Å². The molecule has 19 heavy (non-hydrogen) atoms. The molecule has 0 aromatic heterocycles. The lowest BCUT2D eigenvalue weighted by atomic mass is 9.82. The van der Waals surface area contributed by atoms with Gasteiger partial charge in [-0.15, -0.1) is 0 Å². The average molecular weight is 265 g/mol. The molecule has 0 aliphatic heterocycles. The highest BCUT2D eigenvalue weighted by Crippen LogP contribution is 2.32. The molecule has 1 saturated carbocycles. The molecule has 3 unspecified atom stereocenters. The molecule has 0 amide bonds. The summed E-state index contributed by atoms with van der Waals surface area (Å²) < 4.78 is 19.8. The van der Waals surface area contributed by atoms with Crippen LogP contribution in [-0.4, -0.2) is 6.10 Å². The number of benzene rings is 1. The molecule has 1 fully saturated rings. The molecule has 0 bridgehead atoms. The van der Waals surface area contributed by atoms with Crippen molar-refractivity contribution in [3.05, 3.63) is 29.6 Å². The molecule has 0 heterocycles. The summed E-state index contributed by atoms with van der Waals surface area (Å²) in [5, 5.41) is 0. The smallest absolute Gasteiger partial charge is 0.165 e. The van der Waals surface area contributed by atoms with Crippen LogP contribution in [0.5, 0.6) is 5.75 Å². The van der Waals surface area contributed by atoms with Gasteiger partial charge in [-0.05, 0) is 55.7 Å². The summed E-state index contributed by atoms with van der Waals surface area (Å²) >= 11 is 0. The summed E-state index contributed by atoms with van der Waals surface area (Å²) in [6.07, 6.45) is 3.40. The van der Waals surface area contributed by atoms with Crippen LogP contribution < -0.4 is 10.5 Å². The lowest BCUT2D eigenvalue weighted by molar-refractivity contribution is 0.0970. The van der Waals surface area contributed by atoms with Crippen LogP contribution in [0.3, 0.4) is 0 Å². The van der Waals surface area contributed by atoms with E-state index in [1.807, 2.05) is 13.0 Å². The van der Waals surface area contributed by atoms with E-state index in [0.717, 1.165) is 18.4 Å². The third-order valence-corrected chi connectivity index (χ3v) is 3.91. The quantitative estimate of drug-likeness (QED) is 0.895. The van der Waals surface area contributed by atoms with Crippen molar-refractivity contribution in [3.63, 3.8) is 0 Å². The number of halogens is 1. The van der Waals surface area contributed by atoms with E-state index in [1.54, 1.807) is 6.07 Å². The summed E-state index contributed by atoms with van der Waals surface area (Å²) in [5.74, 6) is 1.36. The SMILES string of the molecule is CC1CC(C)CC(Oc2ccc(C(C)N)cc2F)C1. The third-order valence-electron chi connectivity index (χ3n) is 3.91. The number of hydrogen-bond acceptors (Lipinski definition) is 2. The molecule has 1 aliphatic rings. The molecule has 0 radical (unpaired) electrons. The minimum Gasteiger partial charge on any atom is -0.487 e. The summed E-state index contributed by atoms with van der Waals surface area (Å²) in [6.45, 7) is 6.32. The van der Waals surface area contributed by atoms with Crippen molar-refractivity contribution in [1.82, 2.24) is 0 Å². The fraction of sp³-hybridized carbons (Fsp3) is 0.625. The minimum absolute atomic E-state index is 0.134. The highest BCUT2D eigenvalue weighted by Gasteiger charge is 2.25. The van der Waals surface area contributed by atoms with E-state index in [9.17, 15) is 4.39 Å². The monoisotopic (exact) mass is 265 g/mol. The van der Waals surface area contributed by atoms with Gasteiger partial charge in [-0.3, -0.25) is 0 Å². The first-order chi connectivity index (χ1) is 8.95. The normalized spacial score (nSPS) is 29.0. The maximum Gasteiger partial charge on any atom is 0.165 e. The van der Waals surface area contributed by atoms with Crippen molar-refractivity contribution in [2.24, 2.45) is 17.6 Å². The third kappa shape index (κ3) is 3.69. The Bertz CT molecular complexity index is 423. The number of nitrogens with two attached hydrogens (primary N) is 1. The standard InChI is InChI=1S/C16H24FNO/c1-10-6-11(2)8-14(7-10)19-16-5-4-13(12(3)18)9-15(16)17/h4-5,9-12,14H,6-8,18H2,1-3H3. The van der Waals surface area contributed by atoms with Crippen molar-refractivity contribution < 1.29 is 9.13 Å². The van der Waals surface area contributed by atoms with Crippen LogP contribution in [0.2, 0.25) is 0 Å². The van der Waals surface area contributed by atoms with Crippen LogP contribution in [-0.2, 0) is 0 Å². The van der Waals surface area contributed by atoms with Gasteiger partial charge in [0.05, 0.1) is 6.10 Å². The van der Waals surface area contributed by atoms with Crippen molar-refractivity contribution in [1.29, 1.82) is 0 Å². The van der Waals surface area contributed by atoms with Gasteiger partial charge in [0.25, 0.3) is 0 Å². The molecule has 3 atom stereocenters. The molecule has 0 saturated heterocycles. The van der Waals surface area contributed by atoms with Crippen molar-refractivity contribution in [3.8, 4) is 5.75 Å². The molecule has 2 rings (SSSR count). The fourth-order valence-corrected chi connectivity index (χ4v) is 3.04. The minimum atomic E-state index is -0.305. The van der Waals surface area contributed by atoms with E-state index in [2.05, 4.69) is 13.8 Å². The van der Waals surface area contributed by atoms with Crippen LogP contribution in [0.4, 0.5) is 4.39 Å². The lowest BCUT2D eigenvalue weighted by Gasteiger charge is -2.31. The van der Waals surface area contributed by atoms with Gasteiger partial charge in [-0.1, -0.05) is 19.9 Å². The molecule has 3 heteroatoms. The van der Waals surface area contributed by atoms with Crippen LogP contribution in [0.25, 0.3) is 0 Å². The largest absolute Gasteiger partial charge is 0.487 e. The van der Waals surface area contributed by atoms with Crippen LogP contribution in [0.1, 0.15) is 51.6 Å². The van der Waals surface area contributed by atoms with Gasteiger partial charge in [-0.2, -0.15) is 0 Å². The van der Waals surface area contributed by atoms with Crippen molar-refractivity contribution in [2.75, 3.05) is 0 Å². The Kier molecular flexibility index (Phi) is 4.46. The van der Waals surface area contributed by atoms with E-state index < -0.39 is 0 Å². The highest BCUT2D eigenvalue weighted by molar-refractivity contribution is 5.31. The number of hydrogen-bond donors (Lipinski definition) is 1. The van der Waals surface area contributed by atoms with E-state index in [0.29, 0.717) is 17.6 Å². The van der Waals surface area contributed by atoms with Crippen molar-refractivity contribution in [2.45, 2.75) is 52.2 Å². The predicted molar refractivity (Wildman–Crippen MR) is 75.6 cm³/mol. The van der Waals surface area contributed by atoms with Gasteiger partial charge in [0.1, 0.15) is 0 Å². The molecule has 2 N–H and O–H groups in total. The molecule has 1 aliphatic carbocycles. The maximum atomic E-state index is 14.0. The zero-order valence-corrected chi connectivity index (χ0v) is 12.0. The first kappa shape index (κ1) is 14.3. The average Bonchev–Trinajstić information content (AvgIpc) is 2.30. The van der Waals surface area contributed by atoms with E-state index in [4.69, 9.17) is 10.5 Å². The van der Waals surface area contributed by atoms with E-state index in [1.165, 1.54) is 12.5 Å². The Hall–Kier alpha value is -1.09. The number of ether oxygens (including phenoxy) is 1. The predicted octanol–water partition coefficient (Wildman–Crippen LogP) is 4.05. The topological polar surface area (TPSA) is 35.2 Å². The van der Waals surface area contributed by atoms with Crippen molar-refractivity contribution >= 4 is 0 Å². The van der Waals surface area contributed by atoms with Crippen LogP contribution >= 0.6 is 0 Å². The molecule has 1 aromatic rings.